The number of para-hydroxylation sites is 1. The van der Waals surface area contributed by atoms with Gasteiger partial charge in [0.05, 0.1) is 5.52 Å². The standard InChI is InChI=1S/C24H23N3/c1-4-5-6-9-14-27-21-11-8-7-10-19(21)23-17(3)22-18(16(2)24(23)27)12-13-26-20(22)15-25/h4,7-8,10-13H,1,5-6,9,14H2,2-3H3. The lowest BCUT2D eigenvalue weighted by atomic mass is 9.95. The average Bonchev–Trinajstić information content (AvgIpc) is 3.03. The molecule has 0 amide bonds. The van der Waals surface area contributed by atoms with Gasteiger partial charge in [0, 0.05) is 34.4 Å². The van der Waals surface area contributed by atoms with Gasteiger partial charge in [-0.2, -0.15) is 5.26 Å². The van der Waals surface area contributed by atoms with Gasteiger partial charge in [0.1, 0.15) is 11.8 Å². The smallest absolute Gasteiger partial charge is 0.148 e. The van der Waals surface area contributed by atoms with Crippen LogP contribution in [0.25, 0.3) is 32.6 Å². The van der Waals surface area contributed by atoms with Gasteiger partial charge in [0.2, 0.25) is 0 Å². The fraction of sp³-hybridized carbons (Fsp3) is 0.250. The average molecular weight is 353 g/mol. The molecule has 0 saturated heterocycles. The molecule has 0 bridgehead atoms. The molecule has 4 rings (SSSR count). The molecule has 0 aliphatic carbocycles. The number of benzene rings is 2. The first-order valence-corrected chi connectivity index (χ1v) is 9.48. The van der Waals surface area contributed by atoms with Crippen molar-refractivity contribution in [3.05, 3.63) is 66.0 Å². The van der Waals surface area contributed by atoms with E-state index in [0.29, 0.717) is 5.69 Å². The van der Waals surface area contributed by atoms with E-state index >= 15 is 0 Å². The second kappa shape index (κ2) is 6.89. The molecule has 0 spiro atoms. The van der Waals surface area contributed by atoms with E-state index in [1.807, 2.05) is 12.1 Å². The largest absolute Gasteiger partial charge is 0.340 e. The molecule has 0 N–H and O–H groups in total. The summed E-state index contributed by atoms with van der Waals surface area (Å²) < 4.78 is 2.46. The van der Waals surface area contributed by atoms with Crippen molar-refractivity contribution in [3.8, 4) is 6.07 Å². The van der Waals surface area contributed by atoms with Crippen molar-refractivity contribution in [1.29, 1.82) is 5.26 Å². The maximum absolute atomic E-state index is 9.58. The normalized spacial score (nSPS) is 11.3. The van der Waals surface area contributed by atoms with Crippen LogP contribution in [0.5, 0.6) is 0 Å². The summed E-state index contributed by atoms with van der Waals surface area (Å²) in [4.78, 5) is 4.31. The predicted octanol–water partition coefficient (Wildman–Crippen LogP) is 6.19. The SMILES string of the molecule is C=CCCCCn1c2ccccc2c2c(C)c3c(C#N)nccc3c(C)c21. The molecule has 0 aliphatic rings. The number of nitriles is 1. The van der Waals surface area contributed by atoms with Crippen molar-refractivity contribution in [2.75, 3.05) is 0 Å². The van der Waals surface area contributed by atoms with Crippen LogP contribution >= 0.6 is 0 Å². The van der Waals surface area contributed by atoms with Crippen LogP contribution in [0, 0.1) is 25.2 Å². The molecule has 0 aliphatic heterocycles. The summed E-state index contributed by atoms with van der Waals surface area (Å²) in [5, 5.41) is 14.2. The van der Waals surface area contributed by atoms with Crippen LogP contribution in [-0.4, -0.2) is 9.55 Å². The van der Waals surface area contributed by atoms with Gasteiger partial charge in [-0.25, -0.2) is 4.98 Å². The van der Waals surface area contributed by atoms with E-state index in [9.17, 15) is 5.26 Å². The zero-order valence-corrected chi connectivity index (χ0v) is 15.9. The molecule has 3 nitrogen and oxygen atoms in total. The van der Waals surface area contributed by atoms with E-state index in [-0.39, 0.29) is 0 Å². The number of allylic oxidation sites excluding steroid dienone is 1. The predicted molar refractivity (Wildman–Crippen MR) is 113 cm³/mol. The number of hydrogen-bond acceptors (Lipinski definition) is 2. The maximum Gasteiger partial charge on any atom is 0.148 e. The number of rotatable bonds is 5. The third kappa shape index (κ3) is 2.61. The molecule has 0 radical (unpaired) electrons. The van der Waals surface area contributed by atoms with Crippen LogP contribution in [0.2, 0.25) is 0 Å². The van der Waals surface area contributed by atoms with Gasteiger partial charge in [-0.1, -0.05) is 24.3 Å². The summed E-state index contributed by atoms with van der Waals surface area (Å²) in [7, 11) is 0. The molecule has 0 unspecified atom stereocenters. The third-order valence-electron chi connectivity index (χ3n) is 5.58. The first kappa shape index (κ1) is 17.3. The van der Waals surface area contributed by atoms with Gasteiger partial charge in [0.15, 0.2) is 0 Å². The molecule has 0 fully saturated rings. The number of pyridine rings is 1. The Labute approximate surface area is 159 Å². The Morgan fingerprint density at radius 2 is 1.89 bits per heavy atom. The van der Waals surface area contributed by atoms with Gasteiger partial charge in [0.25, 0.3) is 0 Å². The quantitative estimate of drug-likeness (QED) is 0.317. The van der Waals surface area contributed by atoms with Gasteiger partial charge in [-0.3, -0.25) is 0 Å². The van der Waals surface area contributed by atoms with Crippen LogP contribution in [0.4, 0.5) is 0 Å². The zero-order chi connectivity index (χ0) is 19.0. The Hall–Kier alpha value is -3.12. The van der Waals surface area contributed by atoms with Crippen LogP contribution in [-0.2, 0) is 6.54 Å². The van der Waals surface area contributed by atoms with Crippen LogP contribution in [0.3, 0.4) is 0 Å². The van der Waals surface area contributed by atoms with Crippen LogP contribution in [0.1, 0.15) is 36.1 Å². The second-order valence-electron chi connectivity index (χ2n) is 7.12. The Morgan fingerprint density at radius 1 is 1.07 bits per heavy atom. The van der Waals surface area contributed by atoms with Crippen LogP contribution in [0.15, 0.2) is 49.2 Å². The molecule has 2 aromatic heterocycles. The van der Waals surface area contributed by atoms with Crippen molar-refractivity contribution >= 4 is 32.6 Å². The number of aryl methyl sites for hydroxylation is 3. The van der Waals surface area contributed by atoms with Crippen molar-refractivity contribution in [2.24, 2.45) is 0 Å². The van der Waals surface area contributed by atoms with Crippen molar-refractivity contribution in [1.82, 2.24) is 9.55 Å². The number of nitrogens with zero attached hydrogens (tertiary/aromatic N) is 3. The highest BCUT2D eigenvalue weighted by Crippen LogP contribution is 2.39. The highest BCUT2D eigenvalue weighted by atomic mass is 15.0. The second-order valence-corrected chi connectivity index (χ2v) is 7.12. The number of hydrogen-bond donors (Lipinski definition) is 0. The summed E-state index contributed by atoms with van der Waals surface area (Å²) in [6, 6.07) is 12.9. The molecular formula is C24H23N3. The zero-order valence-electron chi connectivity index (χ0n) is 15.9. The van der Waals surface area contributed by atoms with Gasteiger partial charge >= 0.3 is 0 Å². The molecule has 134 valence electrons. The minimum Gasteiger partial charge on any atom is -0.340 e. The Bertz CT molecular complexity index is 1220. The number of unbranched alkanes of at least 4 members (excludes halogenated alkanes) is 2. The minimum atomic E-state index is 0.512. The lowest BCUT2D eigenvalue weighted by Crippen LogP contribution is -2.00. The molecular weight excluding hydrogens is 330 g/mol. The monoisotopic (exact) mass is 353 g/mol. The molecule has 3 heteroatoms. The van der Waals surface area contributed by atoms with Gasteiger partial charge < -0.3 is 4.57 Å². The molecule has 0 saturated carbocycles. The van der Waals surface area contributed by atoms with Crippen molar-refractivity contribution in [3.63, 3.8) is 0 Å². The first-order valence-electron chi connectivity index (χ1n) is 9.48. The van der Waals surface area contributed by atoms with E-state index < -0.39 is 0 Å². The lowest BCUT2D eigenvalue weighted by molar-refractivity contribution is 0.642. The number of fused-ring (bicyclic) bond motifs is 4. The molecule has 4 aromatic rings. The Morgan fingerprint density at radius 3 is 2.67 bits per heavy atom. The fourth-order valence-corrected chi connectivity index (χ4v) is 4.35. The van der Waals surface area contributed by atoms with E-state index in [0.717, 1.165) is 42.1 Å². The van der Waals surface area contributed by atoms with Crippen molar-refractivity contribution in [2.45, 2.75) is 39.7 Å². The summed E-state index contributed by atoms with van der Waals surface area (Å²) >= 11 is 0. The Balaban J connectivity index is 2.11. The summed E-state index contributed by atoms with van der Waals surface area (Å²) in [6.07, 6.45) is 7.05. The maximum atomic E-state index is 9.58. The fourth-order valence-electron chi connectivity index (χ4n) is 4.35. The van der Waals surface area contributed by atoms with E-state index in [1.54, 1.807) is 6.20 Å². The number of aromatic nitrogens is 2. The summed E-state index contributed by atoms with van der Waals surface area (Å²) in [5.41, 5.74) is 5.44. The highest BCUT2D eigenvalue weighted by molar-refractivity contribution is 6.17. The summed E-state index contributed by atoms with van der Waals surface area (Å²) in [5.74, 6) is 0. The third-order valence-corrected chi connectivity index (χ3v) is 5.58. The summed E-state index contributed by atoms with van der Waals surface area (Å²) in [6.45, 7) is 9.12. The molecule has 2 aromatic carbocycles. The van der Waals surface area contributed by atoms with E-state index in [4.69, 9.17) is 0 Å². The molecule has 27 heavy (non-hydrogen) atoms. The lowest BCUT2D eigenvalue weighted by Gasteiger charge is -2.13. The van der Waals surface area contributed by atoms with Gasteiger partial charge in [-0.05, 0) is 61.8 Å². The van der Waals surface area contributed by atoms with E-state index in [1.165, 1.54) is 27.4 Å². The topological polar surface area (TPSA) is 41.6 Å². The molecule has 2 heterocycles. The van der Waals surface area contributed by atoms with Crippen LogP contribution < -0.4 is 0 Å². The van der Waals surface area contributed by atoms with Gasteiger partial charge in [-0.15, -0.1) is 6.58 Å². The Kier molecular flexibility index (Phi) is 4.41. The van der Waals surface area contributed by atoms with E-state index in [2.05, 4.69) is 60.3 Å². The first-order chi connectivity index (χ1) is 13.2. The molecule has 0 atom stereocenters. The van der Waals surface area contributed by atoms with Crippen molar-refractivity contribution < 1.29 is 0 Å². The highest BCUT2D eigenvalue weighted by Gasteiger charge is 2.19. The minimum absolute atomic E-state index is 0.512.